The Hall–Kier alpha value is -3.82. The third kappa shape index (κ3) is 3.64. The average molecular weight is 485 g/mol. The smallest absolute Gasteiger partial charge is 0.435 e. The van der Waals surface area contributed by atoms with Crippen molar-refractivity contribution in [3.8, 4) is 11.4 Å². The molecule has 1 amide bonds. The number of carboxylic acids is 1. The Bertz CT molecular complexity index is 1290. The van der Waals surface area contributed by atoms with Crippen LogP contribution in [-0.4, -0.2) is 40.4 Å². The van der Waals surface area contributed by atoms with Crippen molar-refractivity contribution >= 4 is 17.6 Å². The van der Waals surface area contributed by atoms with E-state index in [-0.39, 0.29) is 24.2 Å². The predicted octanol–water partition coefficient (Wildman–Crippen LogP) is 4.61. The molecule has 7 nitrogen and oxygen atoms in total. The molecule has 0 saturated heterocycles. The summed E-state index contributed by atoms with van der Waals surface area (Å²) in [4.78, 5) is 26.7. The van der Waals surface area contributed by atoms with Crippen molar-refractivity contribution < 1.29 is 32.6 Å². The number of alkyl halides is 3. The number of hydrogen-bond donors (Lipinski definition) is 1. The molecular weight excluding hydrogens is 463 g/mol. The Kier molecular flexibility index (Phi) is 5.34. The maximum absolute atomic E-state index is 13.8. The van der Waals surface area contributed by atoms with Crippen LogP contribution in [-0.2, 0) is 22.8 Å². The van der Waals surface area contributed by atoms with Gasteiger partial charge in [-0.25, -0.2) is 4.68 Å². The van der Waals surface area contributed by atoms with Gasteiger partial charge in [0.25, 0.3) is 5.91 Å². The van der Waals surface area contributed by atoms with Crippen LogP contribution in [0.5, 0.6) is 5.75 Å². The molecule has 1 N–H and O–H groups in total. The lowest BCUT2D eigenvalue weighted by atomic mass is 9.64. The van der Waals surface area contributed by atoms with Crippen molar-refractivity contribution in [2.75, 3.05) is 18.6 Å². The third-order valence-electron chi connectivity index (χ3n) is 6.95. The first-order valence-corrected chi connectivity index (χ1v) is 11.1. The summed E-state index contributed by atoms with van der Waals surface area (Å²) in [6.45, 7) is 0.0483. The molecular formula is C25H22F3N3O4. The number of anilines is 1. The van der Waals surface area contributed by atoms with E-state index in [4.69, 9.17) is 4.74 Å². The summed E-state index contributed by atoms with van der Waals surface area (Å²) in [6, 6.07) is 12.9. The minimum absolute atomic E-state index is 0.0209. The number of halogens is 3. The van der Waals surface area contributed by atoms with Crippen molar-refractivity contribution in [3.05, 3.63) is 71.0 Å². The molecule has 2 heterocycles. The third-order valence-corrected chi connectivity index (χ3v) is 6.95. The molecule has 0 unspecified atom stereocenters. The number of carbonyl (C=O) groups excluding carboxylic acids is 1. The van der Waals surface area contributed by atoms with Gasteiger partial charge in [-0.05, 0) is 61.2 Å². The highest BCUT2D eigenvalue weighted by molar-refractivity contribution is 6.07. The number of aliphatic carboxylic acids is 1. The number of methoxy groups -OCH3 is 1. The maximum atomic E-state index is 13.8. The van der Waals surface area contributed by atoms with Crippen molar-refractivity contribution in [1.29, 1.82) is 0 Å². The van der Waals surface area contributed by atoms with Crippen LogP contribution in [0.3, 0.4) is 0 Å². The lowest BCUT2D eigenvalue weighted by Gasteiger charge is -2.38. The predicted molar refractivity (Wildman–Crippen MR) is 120 cm³/mol. The van der Waals surface area contributed by atoms with Crippen LogP contribution in [0.4, 0.5) is 18.9 Å². The van der Waals surface area contributed by atoms with E-state index in [2.05, 4.69) is 5.10 Å². The number of fused-ring (bicyclic) bond motifs is 1. The van der Waals surface area contributed by atoms with Crippen molar-refractivity contribution in [2.45, 2.75) is 37.3 Å². The molecule has 1 aromatic heterocycles. The molecule has 2 aromatic carbocycles. The topological polar surface area (TPSA) is 84.7 Å². The van der Waals surface area contributed by atoms with E-state index in [0.717, 1.165) is 11.1 Å². The molecule has 5 rings (SSSR count). The minimum atomic E-state index is -4.71. The molecule has 0 atom stereocenters. The molecule has 0 spiro atoms. The van der Waals surface area contributed by atoms with E-state index in [0.29, 0.717) is 35.5 Å². The Morgan fingerprint density at radius 2 is 1.69 bits per heavy atom. The molecule has 1 aliphatic heterocycles. The van der Waals surface area contributed by atoms with Gasteiger partial charge in [0.05, 0.1) is 18.2 Å². The number of aromatic nitrogens is 2. The van der Waals surface area contributed by atoms with E-state index in [1.54, 1.807) is 36.4 Å². The van der Waals surface area contributed by atoms with Gasteiger partial charge in [-0.15, -0.1) is 0 Å². The highest BCUT2D eigenvalue weighted by atomic mass is 19.4. The van der Waals surface area contributed by atoms with Gasteiger partial charge >= 0.3 is 12.1 Å². The fraction of sp³-hybridized carbons (Fsp3) is 0.320. The van der Waals surface area contributed by atoms with E-state index >= 15 is 0 Å². The summed E-state index contributed by atoms with van der Waals surface area (Å²) in [5.74, 6) is -0.961. The highest BCUT2D eigenvalue weighted by Gasteiger charge is 2.46. The van der Waals surface area contributed by atoms with Crippen molar-refractivity contribution in [1.82, 2.24) is 9.78 Å². The number of ether oxygens (including phenoxy) is 1. The summed E-state index contributed by atoms with van der Waals surface area (Å²) in [6.07, 6.45) is -2.80. The second kappa shape index (κ2) is 8.14. The first kappa shape index (κ1) is 22.9. The van der Waals surface area contributed by atoms with Crippen LogP contribution in [0.1, 0.15) is 46.6 Å². The van der Waals surface area contributed by atoms with Crippen LogP contribution in [0, 0.1) is 0 Å². The molecule has 35 heavy (non-hydrogen) atoms. The van der Waals surface area contributed by atoms with Crippen molar-refractivity contribution in [2.24, 2.45) is 0 Å². The quantitative estimate of drug-likeness (QED) is 0.571. The molecule has 3 aromatic rings. The lowest BCUT2D eigenvalue weighted by Crippen LogP contribution is -2.42. The average Bonchev–Trinajstić information content (AvgIpc) is 3.20. The van der Waals surface area contributed by atoms with E-state index in [1.165, 1.54) is 24.1 Å². The van der Waals surface area contributed by atoms with Gasteiger partial charge in [-0.2, -0.15) is 18.3 Å². The SMILES string of the molecule is COc1ccc(-n2nc(C(F)(F)F)c3c2C(=O)N(c2ccc(C4(C(=O)O)CCC4)cc2)CC3)cc1. The number of benzene rings is 2. The molecule has 0 bridgehead atoms. The first-order chi connectivity index (χ1) is 16.7. The summed E-state index contributed by atoms with van der Waals surface area (Å²) in [5.41, 5.74) is -0.805. The number of nitrogens with zero attached hydrogens (tertiary/aromatic N) is 3. The van der Waals surface area contributed by atoms with Crippen LogP contribution in [0.15, 0.2) is 48.5 Å². The fourth-order valence-corrected chi connectivity index (χ4v) is 4.86. The zero-order valence-electron chi connectivity index (χ0n) is 18.8. The van der Waals surface area contributed by atoms with Gasteiger partial charge in [0.1, 0.15) is 11.4 Å². The largest absolute Gasteiger partial charge is 0.497 e. The monoisotopic (exact) mass is 485 g/mol. The number of carboxylic acid groups (broad SMARTS) is 1. The van der Waals surface area contributed by atoms with Crippen LogP contribution in [0.2, 0.25) is 0 Å². The van der Waals surface area contributed by atoms with Gasteiger partial charge in [0, 0.05) is 17.8 Å². The molecule has 1 saturated carbocycles. The number of rotatable bonds is 5. The summed E-state index contributed by atoms with van der Waals surface area (Å²) in [5, 5.41) is 13.5. The van der Waals surface area contributed by atoms with Gasteiger partial charge in [0.15, 0.2) is 5.69 Å². The standard InChI is InChI=1S/C25H22F3N3O4/c1-35-18-9-7-17(8-10-18)31-20-19(21(29-31)25(26,27)28)11-14-30(22(20)32)16-5-3-15(4-6-16)24(23(33)34)12-2-13-24/h3-10H,2,11-14H2,1H3,(H,33,34). The zero-order valence-corrected chi connectivity index (χ0v) is 18.8. The highest BCUT2D eigenvalue weighted by Crippen LogP contribution is 2.44. The molecule has 182 valence electrons. The molecule has 10 heteroatoms. The van der Waals surface area contributed by atoms with Crippen molar-refractivity contribution in [3.63, 3.8) is 0 Å². The normalized spacial score (nSPS) is 17.0. The Morgan fingerprint density at radius 1 is 1.06 bits per heavy atom. The fourth-order valence-electron chi connectivity index (χ4n) is 4.86. The van der Waals surface area contributed by atoms with E-state index in [9.17, 15) is 27.9 Å². The van der Waals surface area contributed by atoms with Crippen LogP contribution < -0.4 is 9.64 Å². The maximum Gasteiger partial charge on any atom is 0.435 e. The summed E-state index contributed by atoms with van der Waals surface area (Å²) < 4.78 is 47.4. The Labute approximate surface area is 198 Å². The zero-order chi connectivity index (χ0) is 25.0. The number of carbonyl (C=O) groups is 2. The Balaban J connectivity index is 1.53. The second-order valence-electron chi connectivity index (χ2n) is 8.78. The molecule has 1 aliphatic carbocycles. The number of amides is 1. The molecule has 0 radical (unpaired) electrons. The minimum Gasteiger partial charge on any atom is -0.497 e. The summed E-state index contributed by atoms with van der Waals surface area (Å²) >= 11 is 0. The van der Waals surface area contributed by atoms with Crippen LogP contribution in [0.25, 0.3) is 5.69 Å². The molecule has 1 fully saturated rings. The molecule has 2 aliphatic rings. The van der Waals surface area contributed by atoms with Crippen LogP contribution >= 0.6 is 0 Å². The van der Waals surface area contributed by atoms with Gasteiger partial charge in [0.2, 0.25) is 0 Å². The van der Waals surface area contributed by atoms with E-state index in [1.807, 2.05) is 0 Å². The summed E-state index contributed by atoms with van der Waals surface area (Å²) in [7, 11) is 1.47. The van der Waals surface area contributed by atoms with E-state index < -0.39 is 29.2 Å². The Morgan fingerprint density at radius 3 is 2.20 bits per heavy atom. The van der Waals surface area contributed by atoms with Gasteiger partial charge < -0.3 is 14.7 Å². The van der Waals surface area contributed by atoms with Gasteiger partial charge in [-0.1, -0.05) is 18.6 Å². The first-order valence-electron chi connectivity index (χ1n) is 11.1. The lowest BCUT2D eigenvalue weighted by molar-refractivity contribution is -0.147. The second-order valence-corrected chi connectivity index (χ2v) is 8.78. The number of hydrogen-bond acceptors (Lipinski definition) is 4. The van der Waals surface area contributed by atoms with Gasteiger partial charge in [-0.3, -0.25) is 9.59 Å².